The molecule has 0 radical (unpaired) electrons. The largest absolute Gasteiger partial charge is 0.390 e. The highest BCUT2D eigenvalue weighted by Gasteiger charge is 2.71. The molecule has 2 N–H and O–H groups in total. The van der Waals surface area contributed by atoms with Crippen LogP contribution >= 0.6 is 0 Å². The van der Waals surface area contributed by atoms with Gasteiger partial charge in [0.25, 0.3) is 0 Å². The predicted molar refractivity (Wildman–Crippen MR) is 67.5 cm³/mol. The molecule has 3 fully saturated rings. The van der Waals surface area contributed by atoms with Crippen LogP contribution in [0.3, 0.4) is 0 Å². The van der Waals surface area contributed by atoms with Crippen molar-refractivity contribution in [1.29, 1.82) is 0 Å². The molecular weight excluding hydrogens is 212 g/mol. The van der Waals surface area contributed by atoms with Gasteiger partial charge in [0, 0.05) is 0 Å². The first kappa shape index (κ1) is 12.0. The Morgan fingerprint density at radius 1 is 0.882 bits per heavy atom. The zero-order chi connectivity index (χ0) is 12.6. The van der Waals surface area contributed by atoms with Gasteiger partial charge in [-0.1, -0.05) is 20.3 Å². The average molecular weight is 238 g/mol. The molecule has 3 aliphatic carbocycles. The summed E-state index contributed by atoms with van der Waals surface area (Å²) in [5.41, 5.74) is -0.807. The van der Waals surface area contributed by atoms with Gasteiger partial charge in [0.05, 0.1) is 11.2 Å². The Balaban J connectivity index is 2.00. The fourth-order valence-corrected chi connectivity index (χ4v) is 5.28. The van der Waals surface area contributed by atoms with Crippen molar-refractivity contribution in [2.75, 3.05) is 0 Å². The van der Waals surface area contributed by atoms with Gasteiger partial charge in [0.15, 0.2) is 0 Å². The molecule has 2 nitrogen and oxygen atoms in total. The van der Waals surface area contributed by atoms with Crippen LogP contribution in [0.1, 0.15) is 53.4 Å². The van der Waals surface area contributed by atoms with Crippen LogP contribution in [0.2, 0.25) is 0 Å². The Hall–Kier alpha value is -0.0800. The molecule has 6 atom stereocenters. The molecule has 3 aliphatic rings. The smallest absolute Gasteiger partial charge is 0.0654 e. The first-order chi connectivity index (χ1) is 7.68. The SMILES string of the molecule is CC1(C)[C@H]2[C@H]3[C@H](CCC[C@]3(C)O)[C@@](C)(O)C[C@@H]21. The normalized spacial score (nSPS) is 60.4. The molecule has 0 saturated heterocycles. The van der Waals surface area contributed by atoms with E-state index in [1.165, 1.54) is 0 Å². The van der Waals surface area contributed by atoms with Crippen LogP contribution in [0.4, 0.5) is 0 Å². The lowest BCUT2D eigenvalue weighted by molar-refractivity contribution is -0.153. The number of hydrogen-bond donors (Lipinski definition) is 2. The van der Waals surface area contributed by atoms with Crippen molar-refractivity contribution in [2.24, 2.45) is 29.1 Å². The summed E-state index contributed by atoms with van der Waals surface area (Å²) in [5, 5.41) is 21.4. The third-order valence-corrected chi connectivity index (χ3v) is 6.31. The summed E-state index contributed by atoms with van der Waals surface area (Å²) in [4.78, 5) is 0. The Morgan fingerprint density at radius 3 is 2.18 bits per heavy atom. The van der Waals surface area contributed by atoms with Crippen molar-refractivity contribution in [2.45, 2.75) is 64.6 Å². The number of aliphatic hydroxyl groups is 2. The highest BCUT2D eigenvalue weighted by Crippen LogP contribution is 2.73. The maximum atomic E-state index is 10.7. The maximum Gasteiger partial charge on any atom is 0.0654 e. The van der Waals surface area contributed by atoms with Crippen LogP contribution < -0.4 is 0 Å². The van der Waals surface area contributed by atoms with Crippen molar-refractivity contribution < 1.29 is 10.2 Å². The summed E-state index contributed by atoms with van der Waals surface area (Å²) in [7, 11) is 0. The summed E-state index contributed by atoms with van der Waals surface area (Å²) >= 11 is 0. The van der Waals surface area contributed by atoms with Crippen molar-refractivity contribution in [3.05, 3.63) is 0 Å². The molecule has 0 aromatic rings. The molecule has 0 unspecified atom stereocenters. The lowest BCUT2D eigenvalue weighted by Crippen LogP contribution is -2.54. The van der Waals surface area contributed by atoms with E-state index in [9.17, 15) is 10.2 Å². The minimum Gasteiger partial charge on any atom is -0.390 e. The zero-order valence-electron chi connectivity index (χ0n) is 11.5. The molecule has 0 aromatic heterocycles. The quantitative estimate of drug-likeness (QED) is 0.681. The fraction of sp³-hybridized carbons (Fsp3) is 1.00. The molecule has 3 saturated carbocycles. The molecule has 0 heterocycles. The van der Waals surface area contributed by atoms with Crippen LogP contribution in [0, 0.1) is 29.1 Å². The molecule has 2 heteroatoms. The van der Waals surface area contributed by atoms with Gasteiger partial charge in [0.2, 0.25) is 0 Å². The molecule has 0 aliphatic heterocycles. The van der Waals surface area contributed by atoms with Gasteiger partial charge in [-0.2, -0.15) is 0 Å². The summed E-state index contributed by atoms with van der Waals surface area (Å²) in [6, 6.07) is 0. The summed E-state index contributed by atoms with van der Waals surface area (Å²) in [6.07, 6.45) is 3.99. The summed E-state index contributed by atoms with van der Waals surface area (Å²) in [5.74, 6) is 1.85. The molecule has 0 amide bonds. The fourth-order valence-electron chi connectivity index (χ4n) is 5.28. The third kappa shape index (κ3) is 1.46. The molecular formula is C15H26O2. The molecule has 0 aromatic carbocycles. The predicted octanol–water partition coefficient (Wildman–Crippen LogP) is 2.58. The average Bonchev–Trinajstić information content (AvgIpc) is 2.66. The van der Waals surface area contributed by atoms with Crippen molar-refractivity contribution in [3.8, 4) is 0 Å². The van der Waals surface area contributed by atoms with E-state index in [1.54, 1.807) is 0 Å². The first-order valence-electron chi connectivity index (χ1n) is 7.13. The van der Waals surface area contributed by atoms with Gasteiger partial charge < -0.3 is 10.2 Å². The Bertz CT molecular complexity index is 341. The topological polar surface area (TPSA) is 40.5 Å². The molecule has 0 bridgehead atoms. The van der Waals surface area contributed by atoms with E-state index in [2.05, 4.69) is 13.8 Å². The lowest BCUT2D eigenvalue weighted by atomic mass is 9.58. The number of rotatable bonds is 0. The highest BCUT2D eigenvalue weighted by atomic mass is 16.3. The van der Waals surface area contributed by atoms with Crippen LogP contribution in [-0.2, 0) is 0 Å². The summed E-state index contributed by atoms with van der Waals surface area (Å²) in [6.45, 7) is 8.62. The Kier molecular flexibility index (Phi) is 2.17. The minimum absolute atomic E-state index is 0.300. The maximum absolute atomic E-state index is 10.7. The molecule has 3 rings (SSSR count). The van der Waals surface area contributed by atoms with Gasteiger partial charge in [0.1, 0.15) is 0 Å². The molecule has 17 heavy (non-hydrogen) atoms. The van der Waals surface area contributed by atoms with Crippen LogP contribution in [0.15, 0.2) is 0 Å². The van der Waals surface area contributed by atoms with E-state index in [0.717, 1.165) is 25.7 Å². The van der Waals surface area contributed by atoms with Gasteiger partial charge in [-0.25, -0.2) is 0 Å². The second kappa shape index (κ2) is 3.08. The monoisotopic (exact) mass is 238 g/mol. The second-order valence-corrected chi connectivity index (χ2v) is 7.90. The van der Waals surface area contributed by atoms with E-state index in [0.29, 0.717) is 29.1 Å². The van der Waals surface area contributed by atoms with E-state index in [4.69, 9.17) is 0 Å². The van der Waals surface area contributed by atoms with Gasteiger partial charge in [-0.3, -0.25) is 0 Å². The van der Waals surface area contributed by atoms with Gasteiger partial charge in [-0.15, -0.1) is 0 Å². The van der Waals surface area contributed by atoms with Crippen molar-refractivity contribution >= 4 is 0 Å². The van der Waals surface area contributed by atoms with Crippen LogP contribution in [-0.4, -0.2) is 21.4 Å². The van der Waals surface area contributed by atoms with Crippen molar-refractivity contribution in [3.63, 3.8) is 0 Å². The Morgan fingerprint density at radius 2 is 1.53 bits per heavy atom. The Labute approximate surface area is 104 Å². The first-order valence-corrected chi connectivity index (χ1v) is 7.13. The van der Waals surface area contributed by atoms with E-state index >= 15 is 0 Å². The van der Waals surface area contributed by atoms with E-state index in [1.807, 2.05) is 13.8 Å². The highest BCUT2D eigenvalue weighted by molar-refractivity contribution is 5.19. The van der Waals surface area contributed by atoms with E-state index < -0.39 is 11.2 Å². The minimum atomic E-state index is -0.565. The summed E-state index contributed by atoms with van der Waals surface area (Å²) < 4.78 is 0. The second-order valence-electron chi connectivity index (χ2n) is 7.90. The van der Waals surface area contributed by atoms with Gasteiger partial charge in [-0.05, 0) is 62.2 Å². The van der Waals surface area contributed by atoms with Crippen molar-refractivity contribution in [1.82, 2.24) is 0 Å². The standard InChI is InChI=1S/C15H26O2/c1-13(2)10-8-15(4,17)9-6-5-7-14(3,16)12(9)11(10)13/h9-12,16-17H,5-8H2,1-4H3/t9-,10-,11+,12+,14-,15-/m0/s1. The third-order valence-electron chi connectivity index (χ3n) is 6.31. The lowest BCUT2D eigenvalue weighted by Gasteiger charge is -2.51. The van der Waals surface area contributed by atoms with Crippen LogP contribution in [0.25, 0.3) is 0 Å². The number of hydrogen-bond acceptors (Lipinski definition) is 2. The van der Waals surface area contributed by atoms with Gasteiger partial charge >= 0.3 is 0 Å². The zero-order valence-corrected chi connectivity index (χ0v) is 11.5. The number of fused-ring (bicyclic) bond motifs is 3. The molecule has 0 spiro atoms. The van der Waals surface area contributed by atoms with Crippen LogP contribution in [0.5, 0.6) is 0 Å². The van der Waals surface area contributed by atoms with E-state index in [-0.39, 0.29) is 0 Å². The molecule has 98 valence electrons.